The molecule has 0 N–H and O–H groups in total. The molecule has 2 aromatic heterocycles. The lowest BCUT2D eigenvalue weighted by molar-refractivity contribution is -0.686. The zero-order valence-electron chi connectivity index (χ0n) is 11.7. The first-order valence-electron chi connectivity index (χ1n) is 6.77. The first-order valence-corrected chi connectivity index (χ1v) is 7.57. The fourth-order valence-corrected chi connectivity index (χ4v) is 2.30. The molecule has 4 nitrogen and oxygen atoms in total. The minimum Gasteiger partial charge on any atom is -0.290 e. The Morgan fingerprint density at radius 1 is 1.00 bits per heavy atom. The molecule has 0 atom stereocenters. The summed E-state index contributed by atoms with van der Waals surface area (Å²) in [6.45, 7) is 0.261. The molecule has 22 heavy (non-hydrogen) atoms. The number of nitrogens with zero attached hydrogens (tertiary/aromatic N) is 3. The Labute approximate surface area is 136 Å². The molecule has 0 amide bonds. The number of benzene rings is 1. The molecule has 0 aliphatic carbocycles. The molecule has 108 valence electrons. The fourth-order valence-electron chi connectivity index (χ4n) is 2.04. The second-order valence-corrected chi connectivity index (χ2v) is 5.68. The molecule has 5 heteroatoms. The maximum Gasteiger partial charge on any atom is 0.287 e. The van der Waals surface area contributed by atoms with E-state index in [0.29, 0.717) is 5.56 Å². The number of aromatic nitrogens is 3. The summed E-state index contributed by atoms with van der Waals surface area (Å²) in [5, 5.41) is 0. The van der Waals surface area contributed by atoms with Gasteiger partial charge in [-0.2, -0.15) is 0 Å². The van der Waals surface area contributed by atoms with Crippen LogP contribution in [0.3, 0.4) is 0 Å². The highest BCUT2D eigenvalue weighted by Gasteiger charge is 2.12. The average molecular weight is 355 g/mol. The zero-order valence-corrected chi connectivity index (χ0v) is 13.3. The minimum absolute atomic E-state index is 0.0462. The van der Waals surface area contributed by atoms with Gasteiger partial charge in [0.2, 0.25) is 11.5 Å². The van der Waals surface area contributed by atoms with Gasteiger partial charge in [0.25, 0.3) is 6.33 Å². The van der Waals surface area contributed by atoms with Crippen LogP contribution in [0.4, 0.5) is 0 Å². The van der Waals surface area contributed by atoms with E-state index in [1.54, 1.807) is 17.1 Å². The lowest BCUT2D eigenvalue weighted by atomic mass is 10.1. The molecule has 0 fully saturated rings. The number of ketones is 1. The van der Waals surface area contributed by atoms with Gasteiger partial charge in [0, 0.05) is 22.3 Å². The van der Waals surface area contributed by atoms with Crippen molar-refractivity contribution in [2.75, 3.05) is 0 Å². The average Bonchev–Trinajstić information content (AvgIpc) is 2.57. The van der Waals surface area contributed by atoms with Crippen LogP contribution >= 0.6 is 15.9 Å². The zero-order chi connectivity index (χ0) is 15.4. The molecule has 1 aromatic carbocycles. The van der Waals surface area contributed by atoms with Gasteiger partial charge in [-0.05, 0) is 29.2 Å². The number of halogens is 1. The SMILES string of the molecule is O=C(C[n+]1ccc(-c2ccccn2)nc1)c1ccc(Br)cc1. The van der Waals surface area contributed by atoms with E-state index in [0.717, 1.165) is 15.9 Å². The van der Waals surface area contributed by atoms with E-state index in [-0.39, 0.29) is 12.3 Å². The van der Waals surface area contributed by atoms with Gasteiger partial charge in [-0.25, -0.2) is 4.57 Å². The van der Waals surface area contributed by atoms with E-state index in [4.69, 9.17) is 0 Å². The van der Waals surface area contributed by atoms with E-state index in [1.165, 1.54) is 0 Å². The van der Waals surface area contributed by atoms with Gasteiger partial charge in [0.05, 0.1) is 6.20 Å². The van der Waals surface area contributed by atoms with Crippen LogP contribution in [0.2, 0.25) is 0 Å². The van der Waals surface area contributed by atoms with Crippen LogP contribution in [0.1, 0.15) is 10.4 Å². The Kier molecular flexibility index (Phi) is 4.34. The predicted molar refractivity (Wildman–Crippen MR) is 86.1 cm³/mol. The molecule has 0 aliphatic heterocycles. The third-order valence-corrected chi connectivity index (χ3v) is 3.72. The first kappa shape index (κ1) is 14.5. The lowest BCUT2D eigenvalue weighted by Crippen LogP contribution is -2.37. The predicted octanol–water partition coefficient (Wildman–Crippen LogP) is 3.08. The van der Waals surface area contributed by atoms with Crippen molar-refractivity contribution in [1.82, 2.24) is 9.97 Å². The number of Topliss-reactive ketones (excluding diaryl/α,β-unsaturated/α-hetero) is 1. The van der Waals surface area contributed by atoms with E-state index in [1.807, 2.05) is 54.7 Å². The minimum atomic E-state index is 0.0462. The van der Waals surface area contributed by atoms with Crippen molar-refractivity contribution in [3.05, 3.63) is 77.3 Å². The molecular formula is C17H13BrN3O+. The van der Waals surface area contributed by atoms with Crippen molar-refractivity contribution >= 4 is 21.7 Å². The highest BCUT2D eigenvalue weighted by atomic mass is 79.9. The summed E-state index contributed by atoms with van der Waals surface area (Å²) in [6, 6.07) is 14.9. The second kappa shape index (κ2) is 6.58. The molecular weight excluding hydrogens is 342 g/mol. The van der Waals surface area contributed by atoms with E-state index in [2.05, 4.69) is 25.9 Å². The monoisotopic (exact) mass is 354 g/mol. The number of hydrogen-bond donors (Lipinski definition) is 0. The van der Waals surface area contributed by atoms with Crippen LogP contribution in [0.15, 0.2) is 71.7 Å². The topological polar surface area (TPSA) is 46.7 Å². The van der Waals surface area contributed by atoms with Crippen molar-refractivity contribution in [3.8, 4) is 11.4 Å². The summed E-state index contributed by atoms with van der Waals surface area (Å²) in [5.74, 6) is 0.0462. The molecule has 0 spiro atoms. The highest BCUT2D eigenvalue weighted by Crippen LogP contribution is 2.12. The molecule has 0 saturated carbocycles. The summed E-state index contributed by atoms with van der Waals surface area (Å²) >= 11 is 3.36. The Hall–Kier alpha value is -2.40. The van der Waals surface area contributed by atoms with E-state index >= 15 is 0 Å². The van der Waals surface area contributed by atoms with Gasteiger partial charge in [0.15, 0.2) is 6.54 Å². The summed E-state index contributed by atoms with van der Waals surface area (Å²) in [7, 11) is 0. The second-order valence-electron chi connectivity index (χ2n) is 4.76. The van der Waals surface area contributed by atoms with Gasteiger partial charge in [-0.15, -0.1) is 0 Å². The van der Waals surface area contributed by atoms with Gasteiger partial charge >= 0.3 is 0 Å². The molecule has 0 aliphatic rings. The van der Waals surface area contributed by atoms with Gasteiger partial charge in [-0.1, -0.05) is 34.1 Å². The fraction of sp³-hybridized carbons (Fsp3) is 0.0588. The van der Waals surface area contributed by atoms with Crippen molar-refractivity contribution in [3.63, 3.8) is 0 Å². The maximum atomic E-state index is 12.2. The maximum absolute atomic E-state index is 12.2. The molecule has 0 saturated heterocycles. The molecule has 3 rings (SSSR count). The van der Waals surface area contributed by atoms with Gasteiger partial charge in [0.1, 0.15) is 5.69 Å². The quantitative estimate of drug-likeness (QED) is 0.534. The third kappa shape index (κ3) is 3.43. The van der Waals surface area contributed by atoms with Crippen molar-refractivity contribution in [1.29, 1.82) is 0 Å². The third-order valence-electron chi connectivity index (χ3n) is 3.19. The Morgan fingerprint density at radius 2 is 1.77 bits per heavy atom. The Balaban J connectivity index is 1.73. The summed E-state index contributed by atoms with van der Waals surface area (Å²) in [5.41, 5.74) is 2.28. The number of carbonyl (C=O) groups excluding carboxylic acids is 1. The molecule has 3 aromatic rings. The van der Waals surface area contributed by atoms with Crippen LogP contribution in [0.25, 0.3) is 11.4 Å². The van der Waals surface area contributed by atoms with Crippen LogP contribution in [0, 0.1) is 0 Å². The number of pyridine rings is 1. The number of rotatable bonds is 4. The Morgan fingerprint density at radius 3 is 2.41 bits per heavy atom. The molecule has 0 unspecified atom stereocenters. The Bertz CT molecular complexity index is 771. The molecule has 2 heterocycles. The normalized spacial score (nSPS) is 10.4. The number of hydrogen-bond acceptors (Lipinski definition) is 3. The van der Waals surface area contributed by atoms with E-state index < -0.39 is 0 Å². The number of carbonyl (C=O) groups is 1. The van der Waals surface area contributed by atoms with Crippen LogP contribution < -0.4 is 4.57 Å². The van der Waals surface area contributed by atoms with Crippen LogP contribution in [-0.2, 0) is 6.54 Å². The summed E-state index contributed by atoms with van der Waals surface area (Å²) in [6.07, 6.45) is 5.23. The van der Waals surface area contributed by atoms with Crippen LogP contribution in [-0.4, -0.2) is 15.8 Å². The van der Waals surface area contributed by atoms with Gasteiger partial charge < -0.3 is 0 Å². The van der Waals surface area contributed by atoms with Crippen molar-refractivity contribution in [2.45, 2.75) is 6.54 Å². The van der Waals surface area contributed by atoms with Crippen molar-refractivity contribution < 1.29 is 9.36 Å². The van der Waals surface area contributed by atoms with Crippen LogP contribution in [0.5, 0.6) is 0 Å². The molecule has 0 radical (unpaired) electrons. The standard InChI is InChI=1S/C17H13BrN3O/c18-14-6-4-13(5-7-14)17(22)11-21-10-8-16(20-12-21)15-3-1-2-9-19-15/h1-10,12H,11H2/q+1. The first-order chi connectivity index (χ1) is 10.7. The lowest BCUT2D eigenvalue weighted by Gasteiger charge is -2.01. The van der Waals surface area contributed by atoms with E-state index in [9.17, 15) is 4.79 Å². The summed E-state index contributed by atoms with van der Waals surface area (Å²) in [4.78, 5) is 20.8. The smallest absolute Gasteiger partial charge is 0.287 e. The van der Waals surface area contributed by atoms with Crippen molar-refractivity contribution in [2.24, 2.45) is 0 Å². The summed E-state index contributed by atoms with van der Waals surface area (Å²) < 4.78 is 2.72. The largest absolute Gasteiger partial charge is 0.290 e. The highest BCUT2D eigenvalue weighted by molar-refractivity contribution is 9.10. The van der Waals surface area contributed by atoms with Gasteiger partial charge in [-0.3, -0.25) is 9.78 Å². The molecule has 0 bridgehead atoms.